The van der Waals surface area contributed by atoms with E-state index in [0.717, 1.165) is 18.2 Å². The maximum atomic E-state index is 12.9. The fraction of sp³-hybridized carbons (Fsp3) is 0.462. The van der Waals surface area contributed by atoms with E-state index in [1.807, 2.05) is 0 Å². The van der Waals surface area contributed by atoms with Crippen molar-refractivity contribution in [2.75, 3.05) is 6.61 Å². The van der Waals surface area contributed by atoms with Crippen molar-refractivity contribution in [3.05, 3.63) is 34.1 Å². The molecule has 6 nitrogen and oxygen atoms in total. The van der Waals surface area contributed by atoms with Crippen molar-refractivity contribution in [2.24, 2.45) is 0 Å². The number of rotatable bonds is 5. The zero-order valence-corrected chi connectivity index (χ0v) is 11.5. The minimum Gasteiger partial charge on any atom is -0.486 e. The smallest absolute Gasteiger partial charge is 0.313 e. The second-order valence-corrected chi connectivity index (χ2v) is 5.05. The number of nitro groups is 1. The van der Waals surface area contributed by atoms with Crippen LogP contribution in [0.25, 0.3) is 0 Å². The number of nitrogens with zero attached hydrogens (tertiary/aromatic N) is 1. The molecule has 0 unspecified atom stereocenters. The number of esters is 1. The maximum absolute atomic E-state index is 12.9. The molecule has 7 heteroatoms. The Balaban J connectivity index is 2.58. The molecule has 0 aliphatic rings. The van der Waals surface area contributed by atoms with Gasteiger partial charge in [-0.1, -0.05) is 0 Å². The third-order valence-corrected chi connectivity index (χ3v) is 2.10. The third-order valence-electron chi connectivity index (χ3n) is 2.10. The second-order valence-electron chi connectivity index (χ2n) is 5.05. The number of hydrogen-bond donors (Lipinski definition) is 0. The fourth-order valence-electron chi connectivity index (χ4n) is 1.39. The molecule has 0 saturated carbocycles. The Bertz CT molecular complexity index is 510. The van der Waals surface area contributed by atoms with Crippen LogP contribution in [0.5, 0.6) is 5.75 Å². The van der Waals surface area contributed by atoms with Gasteiger partial charge in [-0.2, -0.15) is 0 Å². The Morgan fingerprint density at radius 1 is 1.40 bits per heavy atom. The van der Waals surface area contributed by atoms with Crippen molar-refractivity contribution < 1.29 is 23.6 Å². The summed E-state index contributed by atoms with van der Waals surface area (Å²) in [4.78, 5) is 21.4. The average molecular weight is 285 g/mol. The van der Waals surface area contributed by atoms with Crippen molar-refractivity contribution in [3.8, 4) is 5.75 Å². The topological polar surface area (TPSA) is 78.7 Å². The van der Waals surface area contributed by atoms with Crippen LogP contribution in [0, 0.1) is 15.9 Å². The molecule has 0 N–H and O–H groups in total. The molecule has 0 saturated heterocycles. The lowest BCUT2D eigenvalue weighted by Crippen LogP contribution is -2.24. The standard InChI is InChI=1S/C13H16FNO5/c1-13(2,3)20-12(16)6-7-19-11-5-4-9(14)8-10(11)15(17)18/h4-5,8H,6-7H2,1-3H3. The van der Waals surface area contributed by atoms with Crippen LogP contribution in [0.4, 0.5) is 10.1 Å². The molecule has 1 aromatic rings. The van der Waals surface area contributed by atoms with Crippen molar-refractivity contribution in [2.45, 2.75) is 32.8 Å². The van der Waals surface area contributed by atoms with Gasteiger partial charge in [0.05, 0.1) is 24.0 Å². The highest BCUT2D eigenvalue weighted by Gasteiger charge is 2.18. The summed E-state index contributed by atoms with van der Waals surface area (Å²) in [5, 5.41) is 10.7. The fourth-order valence-corrected chi connectivity index (χ4v) is 1.39. The molecule has 0 radical (unpaired) electrons. The molecule has 0 aliphatic heterocycles. The summed E-state index contributed by atoms with van der Waals surface area (Å²) in [7, 11) is 0. The van der Waals surface area contributed by atoms with Crippen LogP contribution < -0.4 is 4.74 Å². The Morgan fingerprint density at radius 3 is 2.60 bits per heavy atom. The number of carbonyl (C=O) groups is 1. The molecule has 1 rings (SSSR count). The third kappa shape index (κ3) is 5.21. The summed E-state index contributed by atoms with van der Waals surface area (Å²) in [6, 6.07) is 2.97. The highest BCUT2D eigenvalue weighted by molar-refractivity contribution is 5.70. The van der Waals surface area contributed by atoms with E-state index in [2.05, 4.69) is 0 Å². The van der Waals surface area contributed by atoms with Gasteiger partial charge in [-0.05, 0) is 32.9 Å². The molecule has 20 heavy (non-hydrogen) atoms. The number of halogens is 1. The van der Waals surface area contributed by atoms with Gasteiger partial charge in [0.2, 0.25) is 0 Å². The summed E-state index contributed by atoms with van der Waals surface area (Å²) in [5.41, 5.74) is -1.08. The van der Waals surface area contributed by atoms with Gasteiger partial charge in [-0.15, -0.1) is 0 Å². The predicted molar refractivity (Wildman–Crippen MR) is 69.0 cm³/mol. The number of hydrogen-bond acceptors (Lipinski definition) is 5. The van der Waals surface area contributed by atoms with Gasteiger partial charge in [-0.25, -0.2) is 4.39 Å². The molecule has 0 bridgehead atoms. The first-order chi connectivity index (χ1) is 9.19. The van der Waals surface area contributed by atoms with Gasteiger partial charge >= 0.3 is 11.7 Å². The van der Waals surface area contributed by atoms with E-state index < -0.39 is 28.0 Å². The Kier molecular flexibility index (Phi) is 5.01. The molecule has 0 fully saturated rings. The maximum Gasteiger partial charge on any atom is 0.313 e. The van der Waals surface area contributed by atoms with Crippen LogP contribution >= 0.6 is 0 Å². The Labute approximate surface area is 115 Å². The molecule has 0 spiro atoms. The summed E-state index contributed by atoms with van der Waals surface area (Å²) in [6.07, 6.45) is -0.0498. The summed E-state index contributed by atoms with van der Waals surface area (Å²) in [5.74, 6) is -1.28. The van der Waals surface area contributed by atoms with Gasteiger partial charge < -0.3 is 9.47 Å². The first-order valence-corrected chi connectivity index (χ1v) is 5.97. The zero-order chi connectivity index (χ0) is 15.3. The molecule has 0 heterocycles. The van der Waals surface area contributed by atoms with Crippen molar-refractivity contribution >= 4 is 11.7 Å². The van der Waals surface area contributed by atoms with E-state index in [-0.39, 0.29) is 18.8 Å². The van der Waals surface area contributed by atoms with E-state index >= 15 is 0 Å². The van der Waals surface area contributed by atoms with E-state index in [9.17, 15) is 19.3 Å². The zero-order valence-electron chi connectivity index (χ0n) is 11.5. The first kappa shape index (κ1) is 15.9. The molecule has 0 atom stereocenters. The minimum atomic E-state index is -0.744. The van der Waals surface area contributed by atoms with Crippen LogP contribution in [0.3, 0.4) is 0 Å². The molecule has 1 aromatic carbocycles. The van der Waals surface area contributed by atoms with Crippen molar-refractivity contribution in [1.29, 1.82) is 0 Å². The van der Waals surface area contributed by atoms with Crippen LogP contribution in [-0.2, 0) is 9.53 Å². The second kappa shape index (κ2) is 6.31. The van der Waals surface area contributed by atoms with E-state index in [4.69, 9.17) is 9.47 Å². The van der Waals surface area contributed by atoms with E-state index in [1.165, 1.54) is 0 Å². The van der Waals surface area contributed by atoms with E-state index in [0.29, 0.717) is 0 Å². The molecule has 110 valence electrons. The molecular weight excluding hydrogens is 269 g/mol. The van der Waals surface area contributed by atoms with Gasteiger partial charge in [0, 0.05) is 0 Å². The number of nitro benzene ring substituents is 1. The van der Waals surface area contributed by atoms with E-state index in [1.54, 1.807) is 20.8 Å². The summed E-state index contributed by atoms with van der Waals surface area (Å²) >= 11 is 0. The average Bonchev–Trinajstić information content (AvgIpc) is 2.28. The van der Waals surface area contributed by atoms with Gasteiger partial charge in [0.1, 0.15) is 11.4 Å². The largest absolute Gasteiger partial charge is 0.486 e. The van der Waals surface area contributed by atoms with Crippen LogP contribution in [0.15, 0.2) is 18.2 Å². The van der Waals surface area contributed by atoms with Crippen LogP contribution in [-0.4, -0.2) is 23.1 Å². The SMILES string of the molecule is CC(C)(C)OC(=O)CCOc1ccc(F)cc1[N+](=O)[O-]. The van der Waals surface area contributed by atoms with Crippen LogP contribution in [0.1, 0.15) is 27.2 Å². The molecule has 0 aliphatic carbocycles. The van der Waals surface area contributed by atoms with Crippen LogP contribution in [0.2, 0.25) is 0 Å². The predicted octanol–water partition coefficient (Wildman–Crippen LogP) is 2.84. The quantitative estimate of drug-likeness (QED) is 0.472. The molecule has 0 aromatic heterocycles. The van der Waals surface area contributed by atoms with Crippen molar-refractivity contribution in [3.63, 3.8) is 0 Å². The molecule has 0 amide bonds. The highest BCUT2D eigenvalue weighted by Crippen LogP contribution is 2.27. The Hall–Kier alpha value is -2.18. The Morgan fingerprint density at radius 2 is 2.05 bits per heavy atom. The molecular formula is C13H16FNO5. The normalized spacial score (nSPS) is 11.0. The monoisotopic (exact) mass is 285 g/mol. The van der Waals surface area contributed by atoms with Gasteiger partial charge in [0.25, 0.3) is 0 Å². The number of carbonyl (C=O) groups excluding carboxylic acids is 1. The summed E-state index contributed by atoms with van der Waals surface area (Å²) in [6.45, 7) is 5.12. The van der Waals surface area contributed by atoms with Gasteiger partial charge in [-0.3, -0.25) is 14.9 Å². The number of benzene rings is 1. The van der Waals surface area contributed by atoms with Gasteiger partial charge in [0.15, 0.2) is 5.75 Å². The lowest BCUT2D eigenvalue weighted by Gasteiger charge is -2.19. The summed E-state index contributed by atoms with van der Waals surface area (Å²) < 4.78 is 23.1. The number of ether oxygens (including phenoxy) is 2. The lowest BCUT2D eigenvalue weighted by atomic mass is 10.2. The highest BCUT2D eigenvalue weighted by atomic mass is 19.1. The first-order valence-electron chi connectivity index (χ1n) is 5.97. The minimum absolute atomic E-state index is 0.0498. The van der Waals surface area contributed by atoms with Crippen molar-refractivity contribution in [1.82, 2.24) is 0 Å². The lowest BCUT2D eigenvalue weighted by molar-refractivity contribution is -0.386.